The highest BCUT2D eigenvalue weighted by atomic mass is 19.1. The first-order chi connectivity index (χ1) is 10.0. The van der Waals surface area contributed by atoms with Crippen molar-refractivity contribution in [3.8, 4) is 5.75 Å². The first-order valence-corrected chi connectivity index (χ1v) is 7.17. The number of aryl methyl sites for hydroxylation is 1. The second-order valence-electron chi connectivity index (χ2n) is 5.41. The van der Waals surface area contributed by atoms with Gasteiger partial charge in [0.05, 0.1) is 7.11 Å². The van der Waals surface area contributed by atoms with E-state index in [4.69, 9.17) is 4.74 Å². The molecule has 0 bridgehead atoms. The van der Waals surface area contributed by atoms with Crippen LogP contribution in [0.5, 0.6) is 5.75 Å². The van der Waals surface area contributed by atoms with E-state index in [0.29, 0.717) is 5.75 Å². The number of ether oxygens (including phenoxy) is 1. The monoisotopic (exact) mass is 287 g/mol. The second kappa shape index (κ2) is 6.72. The fourth-order valence-electron chi connectivity index (χ4n) is 2.46. The third kappa shape index (κ3) is 3.82. The molecule has 21 heavy (non-hydrogen) atoms. The molecule has 0 fully saturated rings. The molecule has 0 heterocycles. The highest BCUT2D eigenvalue weighted by Gasteiger charge is 2.15. The van der Waals surface area contributed by atoms with Gasteiger partial charge in [0.1, 0.15) is 11.6 Å². The molecule has 2 rings (SSSR count). The van der Waals surface area contributed by atoms with E-state index in [1.807, 2.05) is 6.92 Å². The van der Waals surface area contributed by atoms with E-state index in [-0.39, 0.29) is 17.9 Å². The lowest BCUT2D eigenvalue weighted by Gasteiger charge is -2.22. The number of hydrogen-bond donors (Lipinski definition) is 1. The fourth-order valence-corrected chi connectivity index (χ4v) is 2.46. The van der Waals surface area contributed by atoms with Crippen LogP contribution in [0.1, 0.15) is 42.6 Å². The van der Waals surface area contributed by atoms with Crippen molar-refractivity contribution in [1.29, 1.82) is 0 Å². The van der Waals surface area contributed by atoms with E-state index in [0.717, 1.165) is 5.56 Å². The van der Waals surface area contributed by atoms with Gasteiger partial charge in [-0.1, -0.05) is 29.8 Å². The topological polar surface area (TPSA) is 21.3 Å². The maximum absolute atomic E-state index is 13.5. The maximum Gasteiger partial charge on any atom is 0.123 e. The molecule has 3 heteroatoms. The van der Waals surface area contributed by atoms with Crippen molar-refractivity contribution in [2.45, 2.75) is 32.9 Å². The molecule has 2 aromatic rings. The summed E-state index contributed by atoms with van der Waals surface area (Å²) in [5, 5.41) is 3.49. The Balaban J connectivity index is 2.15. The van der Waals surface area contributed by atoms with Gasteiger partial charge in [-0.15, -0.1) is 0 Å². The number of hydrogen-bond acceptors (Lipinski definition) is 2. The number of rotatable bonds is 5. The lowest BCUT2D eigenvalue weighted by Crippen LogP contribution is -2.23. The Morgan fingerprint density at radius 3 is 2.29 bits per heavy atom. The second-order valence-corrected chi connectivity index (χ2v) is 5.41. The predicted molar refractivity (Wildman–Crippen MR) is 84.1 cm³/mol. The minimum Gasteiger partial charge on any atom is -0.496 e. The zero-order valence-corrected chi connectivity index (χ0v) is 13.0. The fraction of sp³-hybridized carbons (Fsp3) is 0.333. The molecular formula is C18H22FNO. The first-order valence-electron chi connectivity index (χ1n) is 7.17. The van der Waals surface area contributed by atoms with Gasteiger partial charge in [-0.05, 0) is 44.5 Å². The van der Waals surface area contributed by atoms with E-state index in [1.165, 1.54) is 23.3 Å². The molecule has 1 N–H and O–H groups in total. The molecule has 0 aliphatic rings. The van der Waals surface area contributed by atoms with Crippen LogP contribution in [0.3, 0.4) is 0 Å². The van der Waals surface area contributed by atoms with Crippen molar-refractivity contribution in [3.05, 3.63) is 65.0 Å². The molecule has 2 unspecified atom stereocenters. The SMILES string of the molecule is COc1ccc(F)cc1C(C)NC(C)c1ccc(C)cc1. The summed E-state index contributed by atoms with van der Waals surface area (Å²) in [5.74, 6) is 0.454. The molecule has 0 aliphatic carbocycles. The molecule has 0 radical (unpaired) electrons. The van der Waals surface area contributed by atoms with E-state index in [1.54, 1.807) is 13.2 Å². The predicted octanol–water partition coefficient (Wildman–Crippen LogP) is 4.55. The molecule has 0 aromatic heterocycles. The van der Waals surface area contributed by atoms with Gasteiger partial charge in [0.25, 0.3) is 0 Å². The van der Waals surface area contributed by atoms with Crippen LogP contribution < -0.4 is 10.1 Å². The largest absolute Gasteiger partial charge is 0.496 e. The van der Waals surface area contributed by atoms with E-state index < -0.39 is 0 Å². The highest BCUT2D eigenvalue weighted by molar-refractivity contribution is 5.36. The Morgan fingerprint density at radius 1 is 1.00 bits per heavy atom. The summed E-state index contributed by atoms with van der Waals surface area (Å²) in [6, 6.07) is 13.2. The number of methoxy groups -OCH3 is 1. The Bertz CT molecular complexity index is 595. The molecule has 2 aromatic carbocycles. The van der Waals surface area contributed by atoms with Gasteiger partial charge >= 0.3 is 0 Å². The summed E-state index contributed by atoms with van der Waals surface area (Å²) >= 11 is 0. The van der Waals surface area contributed by atoms with Gasteiger partial charge in [0, 0.05) is 17.6 Å². The summed E-state index contributed by atoms with van der Waals surface area (Å²) in [7, 11) is 1.60. The molecule has 0 amide bonds. The summed E-state index contributed by atoms with van der Waals surface area (Å²) < 4.78 is 18.8. The van der Waals surface area contributed by atoms with E-state index in [9.17, 15) is 4.39 Å². The standard InChI is InChI=1S/C18H22FNO/c1-12-5-7-15(8-6-12)13(2)20-14(3)17-11-16(19)9-10-18(17)21-4/h5-11,13-14,20H,1-4H3. The van der Waals surface area contributed by atoms with Gasteiger partial charge in [-0.2, -0.15) is 0 Å². The Morgan fingerprint density at radius 2 is 1.67 bits per heavy atom. The minimum absolute atomic E-state index is 0.00745. The maximum atomic E-state index is 13.5. The third-order valence-corrected chi connectivity index (χ3v) is 3.74. The highest BCUT2D eigenvalue weighted by Crippen LogP contribution is 2.28. The van der Waals surface area contributed by atoms with Crippen molar-refractivity contribution in [1.82, 2.24) is 5.32 Å². The van der Waals surface area contributed by atoms with Gasteiger partial charge in [0.2, 0.25) is 0 Å². The first kappa shape index (κ1) is 15.5. The van der Waals surface area contributed by atoms with E-state index in [2.05, 4.69) is 43.4 Å². The third-order valence-electron chi connectivity index (χ3n) is 3.74. The molecule has 0 saturated carbocycles. The molecule has 2 nitrogen and oxygen atoms in total. The van der Waals surface area contributed by atoms with Crippen molar-refractivity contribution >= 4 is 0 Å². The van der Waals surface area contributed by atoms with Crippen LogP contribution in [0, 0.1) is 12.7 Å². The van der Waals surface area contributed by atoms with Gasteiger partial charge < -0.3 is 10.1 Å². The summed E-state index contributed by atoms with van der Waals surface area (Å²) in [5.41, 5.74) is 3.28. The lowest BCUT2D eigenvalue weighted by atomic mass is 10.0. The van der Waals surface area contributed by atoms with Crippen molar-refractivity contribution in [2.75, 3.05) is 7.11 Å². The van der Waals surface area contributed by atoms with Crippen LogP contribution in [0.25, 0.3) is 0 Å². The van der Waals surface area contributed by atoms with Crippen LogP contribution in [0.15, 0.2) is 42.5 Å². The van der Waals surface area contributed by atoms with Crippen molar-refractivity contribution in [2.24, 2.45) is 0 Å². The van der Waals surface area contributed by atoms with Crippen LogP contribution >= 0.6 is 0 Å². The Kier molecular flexibility index (Phi) is 4.97. The van der Waals surface area contributed by atoms with Crippen LogP contribution in [-0.4, -0.2) is 7.11 Å². The zero-order valence-electron chi connectivity index (χ0n) is 13.0. The molecule has 2 atom stereocenters. The Labute approximate surface area is 126 Å². The van der Waals surface area contributed by atoms with Gasteiger partial charge in [0.15, 0.2) is 0 Å². The average molecular weight is 287 g/mol. The van der Waals surface area contributed by atoms with Crippen molar-refractivity contribution in [3.63, 3.8) is 0 Å². The van der Waals surface area contributed by atoms with Gasteiger partial charge in [-0.3, -0.25) is 0 Å². The normalized spacial score (nSPS) is 13.8. The van der Waals surface area contributed by atoms with Crippen LogP contribution in [0.2, 0.25) is 0 Å². The number of nitrogens with one attached hydrogen (secondary N) is 1. The minimum atomic E-state index is -0.248. The molecule has 0 spiro atoms. The van der Waals surface area contributed by atoms with Gasteiger partial charge in [-0.25, -0.2) is 4.39 Å². The quantitative estimate of drug-likeness (QED) is 0.870. The average Bonchev–Trinajstić information content (AvgIpc) is 2.47. The lowest BCUT2D eigenvalue weighted by molar-refractivity contribution is 0.395. The Hall–Kier alpha value is -1.87. The zero-order chi connectivity index (χ0) is 15.4. The number of halogens is 1. The van der Waals surface area contributed by atoms with Crippen molar-refractivity contribution < 1.29 is 9.13 Å². The van der Waals surface area contributed by atoms with Crippen LogP contribution in [-0.2, 0) is 0 Å². The molecule has 0 saturated heterocycles. The summed E-state index contributed by atoms with van der Waals surface area (Å²) in [6.45, 7) is 6.19. The smallest absolute Gasteiger partial charge is 0.123 e. The summed E-state index contributed by atoms with van der Waals surface area (Å²) in [4.78, 5) is 0. The molecule has 0 aliphatic heterocycles. The molecular weight excluding hydrogens is 265 g/mol. The van der Waals surface area contributed by atoms with Crippen LogP contribution in [0.4, 0.5) is 4.39 Å². The summed E-state index contributed by atoms with van der Waals surface area (Å²) in [6.07, 6.45) is 0. The molecule has 112 valence electrons. The number of benzene rings is 2. The van der Waals surface area contributed by atoms with E-state index >= 15 is 0 Å².